The summed E-state index contributed by atoms with van der Waals surface area (Å²) in [5, 5.41) is 2.85. The van der Waals surface area contributed by atoms with Crippen molar-refractivity contribution in [3.05, 3.63) is 40.6 Å². The number of rotatable bonds is 1. The fourth-order valence-corrected chi connectivity index (χ4v) is 1.55. The van der Waals surface area contributed by atoms with Crippen molar-refractivity contribution < 1.29 is 4.79 Å². The Bertz CT molecular complexity index is 514. The Hall–Kier alpha value is -1.40. The molecule has 0 saturated carbocycles. The summed E-state index contributed by atoms with van der Waals surface area (Å²) in [4.78, 5) is 19.3. The predicted octanol–water partition coefficient (Wildman–Crippen LogP) is 2.77. The van der Waals surface area contributed by atoms with Crippen molar-refractivity contribution in [2.45, 2.75) is 0 Å². The summed E-state index contributed by atoms with van der Waals surface area (Å²) in [6.07, 6.45) is 6.00. The van der Waals surface area contributed by atoms with Crippen LogP contribution in [0.25, 0.3) is 0 Å². The molecule has 0 saturated heterocycles. The Morgan fingerprint density at radius 1 is 1.56 bits per heavy atom. The molecule has 16 heavy (non-hydrogen) atoms. The van der Waals surface area contributed by atoms with Crippen molar-refractivity contribution in [2.24, 2.45) is 0 Å². The van der Waals surface area contributed by atoms with E-state index in [2.05, 4.69) is 31.2 Å². The van der Waals surface area contributed by atoms with Crippen LogP contribution in [0.1, 0.15) is 0 Å². The van der Waals surface area contributed by atoms with Crippen molar-refractivity contribution in [2.75, 3.05) is 5.32 Å². The molecule has 0 aliphatic carbocycles. The molecular formula is C9H6BrClN4O. The van der Waals surface area contributed by atoms with E-state index < -0.39 is 0 Å². The molecule has 0 spiro atoms. The summed E-state index contributed by atoms with van der Waals surface area (Å²) in [6, 6.07) is 1.32. The number of hydrogen-bond donors (Lipinski definition) is 1. The minimum absolute atomic E-state index is 0.233. The molecule has 0 unspecified atom stereocenters. The fourth-order valence-electron chi connectivity index (χ4n) is 1.07. The molecule has 0 bridgehead atoms. The summed E-state index contributed by atoms with van der Waals surface area (Å²) in [5.41, 5.74) is 0.440. The molecule has 2 aromatic rings. The number of pyridine rings is 1. The number of nitrogens with zero attached hydrogens (tertiary/aromatic N) is 3. The van der Waals surface area contributed by atoms with Gasteiger partial charge in [-0.25, -0.2) is 14.8 Å². The molecule has 0 aromatic carbocycles. The first kappa shape index (κ1) is 11.1. The molecule has 2 rings (SSSR count). The van der Waals surface area contributed by atoms with Crippen molar-refractivity contribution in [3.8, 4) is 0 Å². The van der Waals surface area contributed by atoms with Gasteiger partial charge in [-0.05, 0) is 22.0 Å². The number of nitrogens with one attached hydrogen (secondary N) is 1. The second kappa shape index (κ2) is 4.63. The fraction of sp³-hybridized carbons (Fsp3) is 0. The zero-order valence-corrected chi connectivity index (χ0v) is 10.2. The quantitative estimate of drug-likeness (QED) is 0.824. The van der Waals surface area contributed by atoms with Gasteiger partial charge >= 0.3 is 6.03 Å². The van der Waals surface area contributed by atoms with Crippen molar-refractivity contribution >= 4 is 39.2 Å². The van der Waals surface area contributed by atoms with Crippen molar-refractivity contribution in [1.29, 1.82) is 0 Å². The molecular weight excluding hydrogens is 295 g/mol. The predicted molar refractivity (Wildman–Crippen MR) is 63.6 cm³/mol. The Morgan fingerprint density at radius 3 is 3.06 bits per heavy atom. The van der Waals surface area contributed by atoms with Crippen LogP contribution < -0.4 is 5.32 Å². The van der Waals surface area contributed by atoms with Gasteiger partial charge < -0.3 is 5.32 Å². The number of anilines is 1. The third-order valence-corrected chi connectivity index (χ3v) is 2.52. The number of carbonyl (C=O) groups excluding carboxylic acids is 1. The summed E-state index contributed by atoms with van der Waals surface area (Å²) >= 11 is 9.07. The lowest BCUT2D eigenvalue weighted by Crippen LogP contribution is -2.18. The van der Waals surface area contributed by atoms with Gasteiger partial charge in [0.05, 0.1) is 5.69 Å². The number of halogens is 2. The van der Waals surface area contributed by atoms with Crippen LogP contribution in [0.4, 0.5) is 10.5 Å². The van der Waals surface area contributed by atoms with Gasteiger partial charge in [-0.15, -0.1) is 0 Å². The zero-order valence-electron chi connectivity index (χ0n) is 7.89. The Kier molecular flexibility index (Phi) is 3.21. The average Bonchev–Trinajstić information content (AvgIpc) is 2.76. The largest absolute Gasteiger partial charge is 0.331 e. The van der Waals surface area contributed by atoms with Gasteiger partial charge in [-0.1, -0.05) is 11.6 Å². The molecule has 82 valence electrons. The van der Waals surface area contributed by atoms with Crippen LogP contribution >= 0.6 is 27.5 Å². The van der Waals surface area contributed by atoms with Crippen LogP contribution in [0, 0.1) is 0 Å². The SMILES string of the molecule is O=C(Nc1cc(Br)cnc1Cl)n1ccnc1. The maximum absolute atomic E-state index is 11.6. The van der Waals surface area contributed by atoms with Gasteiger partial charge in [0, 0.05) is 23.1 Å². The second-order valence-electron chi connectivity index (χ2n) is 2.89. The number of carbonyl (C=O) groups is 1. The van der Waals surface area contributed by atoms with Crippen LogP contribution in [-0.4, -0.2) is 20.6 Å². The minimum Gasteiger partial charge on any atom is -0.304 e. The van der Waals surface area contributed by atoms with Crippen LogP contribution in [0.2, 0.25) is 5.15 Å². The molecule has 5 nitrogen and oxygen atoms in total. The molecule has 1 N–H and O–H groups in total. The van der Waals surface area contributed by atoms with Gasteiger partial charge in [0.2, 0.25) is 0 Å². The molecule has 2 aromatic heterocycles. The maximum Gasteiger partial charge on any atom is 0.331 e. The molecule has 0 radical (unpaired) electrons. The third-order valence-electron chi connectivity index (χ3n) is 1.79. The Balaban J connectivity index is 2.21. The van der Waals surface area contributed by atoms with E-state index in [0.717, 1.165) is 4.47 Å². The smallest absolute Gasteiger partial charge is 0.304 e. The lowest BCUT2D eigenvalue weighted by molar-refractivity contribution is 0.253. The van der Waals surface area contributed by atoms with E-state index in [-0.39, 0.29) is 11.2 Å². The minimum atomic E-state index is -0.348. The third kappa shape index (κ3) is 2.40. The van der Waals surface area contributed by atoms with E-state index in [0.29, 0.717) is 5.69 Å². The van der Waals surface area contributed by atoms with Crippen molar-refractivity contribution in [1.82, 2.24) is 14.5 Å². The normalized spacial score (nSPS) is 10.1. The van der Waals surface area contributed by atoms with Gasteiger partial charge in [0.15, 0.2) is 5.15 Å². The molecule has 0 atom stereocenters. The first-order valence-corrected chi connectivity index (χ1v) is 5.44. The summed E-state index contributed by atoms with van der Waals surface area (Å²) in [7, 11) is 0. The Labute approximate surface area is 105 Å². The van der Waals surface area contributed by atoms with E-state index in [1.54, 1.807) is 12.3 Å². The first-order chi connectivity index (χ1) is 7.66. The van der Waals surface area contributed by atoms with E-state index in [4.69, 9.17) is 11.6 Å². The highest BCUT2D eigenvalue weighted by Gasteiger charge is 2.08. The molecule has 0 aliphatic rings. The highest BCUT2D eigenvalue weighted by atomic mass is 79.9. The first-order valence-electron chi connectivity index (χ1n) is 4.27. The second-order valence-corrected chi connectivity index (χ2v) is 4.17. The highest BCUT2D eigenvalue weighted by molar-refractivity contribution is 9.10. The highest BCUT2D eigenvalue weighted by Crippen LogP contribution is 2.22. The standard InChI is InChI=1S/C9H6BrClN4O/c10-6-3-7(8(11)13-4-6)14-9(16)15-2-1-12-5-15/h1-5H,(H,14,16). The lowest BCUT2D eigenvalue weighted by atomic mass is 10.4. The molecule has 1 amide bonds. The van der Waals surface area contributed by atoms with Crippen LogP contribution in [-0.2, 0) is 0 Å². The average molecular weight is 302 g/mol. The monoisotopic (exact) mass is 300 g/mol. The van der Waals surface area contributed by atoms with Crippen LogP contribution in [0.15, 0.2) is 35.5 Å². The topological polar surface area (TPSA) is 59.8 Å². The number of aromatic nitrogens is 3. The molecule has 2 heterocycles. The van der Waals surface area contributed by atoms with Crippen LogP contribution in [0.3, 0.4) is 0 Å². The summed E-state index contributed by atoms with van der Waals surface area (Å²) in [5.74, 6) is 0. The van der Waals surface area contributed by atoms with E-state index in [1.807, 2.05) is 0 Å². The zero-order chi connectivity index (χ0) is 11.5. The van der Waals surface area contributed by atoms with Gasteiger partial charge in [0.25, 0.3) is 0 Å². The number of amides is 1. The molecule has 7 heteroatoms. The Morgan fingerprint density at radius 2 is 2.38 bits per heavy atom. The van der Waals surface area contributed by atoms with Gasteiger partial charge in [-0.3, -0.25) is 4.57 Å². The number of imidazole rings is 1. The van der Waals surface area contributed by atoms with E-state index in [9.17, 15) is 4.79 Å². The van der Waals surface area contributed by atoms with E-state index >= 15 is 0 Å². The number of hydrogen-bond acceptors (Lipinski definition) is 3. The van der Waals surface area contributed by atoms with Gasteiger partial charge in [0.1, 0.15) is 6.33 Å². The van der Waals surface area contributed by atoms with Gasteiger partial charge in [-0.2, -0.15) is 0 Å². The summed E-state index contributed by atoms with van der Waals surface area (Å²) in [6.45, 7) is 0. The molecule has 0 aliphatic heterocycles. The van der Waals surface area contributed by atoms with E-state index in [1.165, 1.54) is 23.3 Å². The molecule has 0 fully saturated rings. The lowest BCUT2D eigenvalue weighted by Gasteiger charge is -2.06. The summed E-state index contributed by atoms with van der Waals surface area (Å²) < 4.78 is 2.04. The van der Waals surface area contributed by atoms with Crippen LogP contribution in [0.5, 0.6) is 0 Å². The maximum atomic E-state index is 11.6. The van der Waals surface area contributed by atoms with Crippen molar-refractivity contribution in [3.63, 3.8) is 0 Å².